The van der Waals surface area contributed by atoms with Crippen LogP contribution in [0, 0.1) is 0 Å². The topological polar surface area (TPSA) is 93.7 Å². The van der Waals surface area contributed by atoms with E-state index in [1.54, 1.807) is 26.8 Å². The third kappa shape index (κ3) is 5.42. The van der Waals surface area contributed by atoms with Gasteiger partial charge in [0.25, 0.3) is 5.91 Å². The number of ether oxygens (including phenoxy) is 2. The third-order valence-electron chi connectivity index (χ3n) is 3.70. The maximum atomic E-state index is 12.5. The Bertz CT molecular complexity index is 697. The van der Waals surface area contributed by atoms with E-state index < -0.39 is 10.0 Å². The smallest absolute Gasteiger partial charge is 0.251 e. The average molecular weight is 370 g/mol. The van der Waals surface area contributed by atoms with Crippen LogP contribution in [-0.2, 0) is 14.8 Å². The number of hydrogen-bond acceptors (Lipinski definition) is 5. The van der Waals surface area contributed by atoms with E-state index in [0.29, 0.717) is 19.8 Å². The van der Waals surface area contributed by atoms with Gasteiger partial charge in [-0.3, -0.25) is 4.79 Å². The molecule has 2 rings (SSSR count). The Morgan fingerprint density at radius 1 is 1.40 bits per heavy atom. The highest BCUT2D eigenvalue weighted by Gasteiger charge is 2.23. The second kappa shape index (κ2) is 8.64. The Morgan fingerprint density at radius 2 is 2.16 bits per heavy atom. The van der Waals surface area contributed by atoms with Crippen molar-refractivity contribution in [2.24, 2.45) is 0 Å². The molecule has 0 aliphatic carbocycles. The summed E-state index contributed by atoms with van der Waals surface area (Å²) in [5.41, 5.74) is 0.269. The number of sulfonamides is 1. The molecule has 1 aromatic rings. The Kier molecular flexibility index (Phi) is 6.80. The van der Waals surface area contributed by atoms with Crippen LogP contribution in [0.2, 0.25) is 0 Å². The van der Waals surface area contributed by atoms with Gasteiger partial charge in [-0.05, 0) is 51.8 Å². The molecule has 8 heteroatoms. The first kappa shape index (κ1) is 19.7. The highest BCUT2D eigenvalue weighted by Crippen LogP contribution is 2.25. The molecular formula is C17H26N2O5S. The molecule has 1 saturated heterocycles. The van der Waals surface area contributed by atoms with Gasteiger partial charge in [0, 0.05) is 24.8 Å². The lowest BCUT2D eigenvalue weighted by molar-refractivity contribution is 0.0857. The average Bonchev–Trinajstić information content (AvgIpc) is 3.05. The lowest BCUT2D eigenvalue weighted by Crippen LogP contribution is -2.33. The molecule has 0 saturated carbocycles. The van der Waals surface area contributed by atoms with Crippen molar-refractivity contribution in [3.8, 4) is 5.75 Å². The van der Waals surface area contributed by atoms with Crippen molar-refractivity contribution in [3.05, 3.63) is 23.8 Å². The molecular weight excluding hydrogens is 344 g/mol. The lowest BCUT2D eigenvalue weighted by atomic mass is 10.2. The first-order chi connectivity index (χ1) is 11.8. The van der Waals surface area contributed by atoms with Crippen molar-refractivity contribution in [3.63, 3.8) is 0 Å². The van der Waals surface area contributed by atoms with E-state index in [0.717, 1.165) is 12.8 Å². The first-order valence-electron chi connectivity index (χ1n) is 8.52. The van der Waals surface area contributed by atoms with Crippen molar-refractivity contribution in [1.29, 1.82) is 0 Å². The number of amides is 1. The standard InChI is InChI=1S/C17H26N2O5S/c1-4-23-15-8-7-13(10-16(15)25(21,22)19-12(2)3)17(20)18-11-14-6-5-9-24-14/h7-8,10,12,14,19H,4-6,9,11H2,1-3H3,(H,18,20)/t14-/m0/s1. The van der Waals surface area contributed by atoms with E-state index in [-0.39, 0.29) is 34.3 Å². The Hall–Kier alpha value is -1.64. The van der Waals surface area contributed by atoms with Crippen molar-refractivity contribution in [2.75, 3.05) is 19.8 Å². The van der Waals surface area contributed by atoms with Crippen LogP contribution in [0.1, 0.15) is 44.0 Å². The fourth-order valence-corrected chi connectivity index (χ4v) is 4.04. The number of carbonyl (C=O) groups is 1. The van der Waals surface area contributed by atoms with Crippen LogP contribution in [0.3, 0.4) is 0 Å². The van der Waals surface area contributed by atoms with Gasteiger partial charge < -0.3 is 14.8 Å². The zero-order chi connectivity index (χ0) is 18.4. The number of hydrogen-bond donors (Lipinski definition) is 2. The molecule has 0 radical (unpaired) electrons. The molecule has 0 unspecified atom stereocenters. The van der Waals surface area contributed by atoms with Gasteiger partial charge in [0.2, 0.25) is 10.0 Å². The van der Waals surface area contributed by atoms with E-state index in [1.807, 2.05) is 0 Å². The maximum Gasteiger partial charge on any atom is 0.251 e. The fourth-order valence-electron chi connectivity index (χ4n) is 2.62. The number of nitrogens with one attached hydrogen (secondary N) is 2. The molecule has 1 amide bonds. The normalized spacial score (nSPS) is 17.7. The molecule has 2 N–H and O–H groups in total. The van der Waals surface area contributed by atoms with Gasteiger partial charge in [0.15, 0.2) is 0 Å². The highest BCUT2D eigenvalue weighted by atomic mass is 32.2. The molecule has 0 spiro atoms. The molecule has 1 aliphatic rings. The molecule has 25 heavy (non-hydrogen) atoms. The molecule has 0 bridgehead atoms. The summed E-state index contributed by atoms with van der Waals surface area (Å²) in [4.78, 5) is 12.3. The van der Waals surface area contributed by atoms with E-state index in [2.05, 4.69) is 10.0 Å². The quantitative estimate of drug-likeness (QED) is 0.726. The number of rotatable bonds is 8. The van der Waals surface area contributed by atoms with Crippen LogP contribution in [0.15, 0.2) is 23.1 Å². The predicted molar refractivity (Wildman–Crippen MR) is 94.4 cm³/mol. The molecule has 1 heterocycles. The van der Waals surface area contributed by atoms with Crippen LogP contribution in [0.25, 0.3) is 0 Å². The van der Waals surface area contributed by atoms with Crippen LogP contribution in [-0.4, -0.2) is 46.2 Å². The summed E-state index contributed by atoms with van der Waals surface area (Å²) in [6.45, 7) is 6.70. The van der Waals surface area contributed by atoms with Gasteiger partial charge in [0.05, 0.1) is 12.7 Å². The summed E-state index contributed by atoms with van der Waals surface area (Å²) in [5.74, 6) is -0.106. The van der Waals surface area contributed by atoms with E-state index in [4.69, 9.17) is 9.47 Å². The van der Waals surface area contributed by atoms with Gasteiger partial charge in [-0.15, -0.1) is 0 Å². The van der Waals surface area contributed by atoms with Crippen LogP contribution < -0.4 is 14.8 Å². The Labute approximate surface area is 149 Å². The molecule has 1 atom stereocenters. The molecule has 1 aliphatic heterocycles. The SMILES string of the molecule is CCOc1ccc(C(=O)NC[C@@H]2CCCO2)cc1S(=O)(=O)NC(C)C. The molecule has 1 aromatic carbocycles. The summed E-state index contributed by atoms with van der Waals surface area (Å²) < 4.78 is 38.5. The number of carbonyl (C=O) groups excluding carboxylic acids is 1. The second-order valence-electron chi connectivity index (χ2n) is 6.22. The molecule has 0 aromatic heterocycles. The first-order valence-corrected chi connectivity index (χ1v) is 10.0. The van der Waals surface area contributed by atoms with Crippen molar-refractivity contribution in [1.82, 2.24) is 10.0 Å². The zero-order valence-electron chi connectivity index (χ0n) is 14.9. The van der Waals surface area contributed by atoms with E-state index >= 15 is 0 Å². The van der Waals surface area contributed by atoms with Crippen LogP contribution in [0.4, 0.5) is 0 Å². The lowest BCUT2D eigenvalue weighted by Gasteiger charge is -2.15. The Balaban J connectivity index is 2.21. The van der Waals surface area contributed by atoms with Gasteiger partial charge in [-0.1, -0.05) is 0 Å². The minimum atomic E-state index is -3.78. The fraction of sp³-hybridized carbons (Fsp3) is 0.588. The minimum Gasteiger partial charge on any atom is -0.492 e. The van der Waals surface area contributed by atoms with Crippen molar-refractivity contribution in [2.45, 2.75) is 50.7 Å². The van der Waals surface area contributed by atoms with Gasteiger partial charge in [-0.25, -0.2) is 13.1 Å². The van der Waals surface area contributed by atoms with Crippen molar-refractivity contribution >= 4 is 15.9 Å². The monoisotopic (exact) mass is 370 g/mol. The zero-order valence-corrected chi connectivity index (χ0v) is 15.7. The summed E-state index contributed by atoms with van der Waals surface area (Å²) in [7, 11) is -3.78. The minimum absolute atomic E-state index is 0.0254. The van der Waals surface area contributed by atoms with E-state index in [1.165, 1.54) is 12.1 Å². The Morgan fingerprint density at radius 3 is 2.76 bits per heavy atom. The number of benzene rings is 1. The molecule has 140 valence electrons. The van der Waals surface area contributed by atoms with Crippen LogP contribution in [0.5, 0.6) is 5.75 Å². The van der Waals surface area contributed by atoms with E-state index in [9.17, 15) is 13.2 Å². The van der Waals surface area contributed by atoms with Crippen LogP contribution >= 0.6 is 0 Å². The molecule has 1 fully saturated rings. The summed E-state index contributed by atoms with van der Waals surface area (Å²) in [6.07, 6.45) is 1.94. The van der Waals surface area contributed by atoms with Crippen molar-refractivity contribution < 1.29 is 22.7 Å². The third-order valence-corrected chi connectivity index (χ3v) is 5.38. The van der Waals surface area contributed by atoms with Gasteiger partial charge >= 0.3 is 0 Å². The summed E-state index contributed by atoms with van der Waals surface area (Å²) in [6, 6.07) is 4.15. The second-order valence-corrected chi connectivity index (χ2v) is 7.90. The largest absolute Gasteiger partial charge is 0.492 e. The van der Waals surface area contributed by atoms with Gasteiger partial charge in [0.1, 0.15) is 10.6 Å². The maximum absolute atomic E-state index is 12.5. The summed E-state index contributed by atoms with van der Waals surface area (Å²) in [5, 5.41) is 2.79. The highest BCUT2D eigenvalue weighted by molar-refractivity contribution is 7.89. The summed E-state index contributed by atoms with van der Waals surface area (Å²) >= 11 is 0. The predicted octanol–water partition coefficient (Wildman–Crippen LogP) is 1.68. The molecule has 7 nitrogen and oxygen atoms in total. The van der Waals surface area contributed by atoms with Gasteiger partial charge in [-0.2, -0.15) is 0 Å².